The highest BCUT2D eigenvalue weighted by Gasteiger charge is 2.31. The van der Waals surface area contributed by atoms with Gasteiger partial charge < -0.3 is 9.30 Å². The maximum absolute atomic E-state index is 12.3. The molecule has 2 aromatic rings. The van der Waals surface area contributed by atoms with Gasteiger partial charge in [0.2, 0.25) is 10.7 Å². The second-order valence-corrected chi connectivity index (χ2v) is 6.93. The highest BCUT2D eigenvalue weighted by Crippen LogP contribution is 2.27. The molecule has 1 N–H and O–H groups in total. The Balaban J connectivity index is 2.36. The fourth-order valence-corrected chi connectivity index (χ4v) is 2.69. The predicted octanol–water partition coefficient (Wildman–Crippen LogP) is 3.12. The smallest absolute Gasteiger partial charge is 0.406 e. The Bertz CT molecular complexity index is 800. The lowest BCUT2D eigenvalue weighted by Gasteiger charge is -2.14. The van der Waals surface area contributed by atoms with Gasteiger partial charge >= 0.3 is 6.36 Å². The van der Waals surface area contributed by atoms with Crippen LogP contribution < -0.4 is 15.0 Å². The van der Waals surface area contributed by atoms with Crippen LogP contribution in [-0.4, -0.2) is 16.8 Å². The van der Waals surface area contributed by atoms with Crippen molar-refractivity contribution in [2.45, 2.75) is 27.1 Å². The van der Waals surface area contributed by atoms with Gasteiger partial charge in [0, 0.05) is 12.5 Å². The van der Waals surface area contributed by atoms with E-state index in [1.54, 1.807) is 32.4 Å². The molecule has 1 aromatic heterocycles. The Morgan fingerprint density at radius 1 is 1.30 bits per heavy atom. The number of hydrogen-bond acceptors (Lipinski definition) is 4. The van der Waals surface area contributed by atoms with Gasteiger partial charge in [0.05, 0.1) is 10.2 Å². The standard InChI is InChI=1S/C14H16F3N3O2S/c1-13(2,3)11(21)18-19-12-20(4)9-6-5-8(7-10(9)23-12)22-14(15,16)17/h5-7H,1-4H3,(H,18,21)/b19-12-. The number of halogens is 3. The lowest BCUT2D eigenvalue weighted by Crippen LogP contribution is -2.33. The monoisotopic (exact) mass is 347 g/mol. The second kappa shape index (κ2) is 5.88. The zero-order valence-electron chi connectivity index (χ0n) is 13.0. The summed E-state index contributed by atoms with van der Waals surface area (Å²) in [5.41, 5.74) is 2.56. The molecular weight excluding hydrogens is 331 g/mol. The Kier molecular flexibility index (Phi) is 4.43. The Hall–Kier alpha value is -2.03. The normalized spacial score (nSPS) is 13.4. The third-order valence-corrected chi connectivity index (χ3v) is 4.04. The van der Waals surface area contributed by atoms with Crippen molar-refractivity contribution in [3.05, 3.63) is 23.0 Å². The number of thiazole rings is 1. The molecule has 0 bridgehead atoms. The maximum Gasteiger partial charge on any atom is 0.573 e. The number of rotatable bonds is 2. The molecule has 9 heteroatoms. The molecule has 126 valence electrons. The lowest BCUT2D eigenvalue weighted by molar-refractivity contribution is -0.274. The number of aromatic nitrogens is 1. The summed E-state index contributed by atoms with van der Waals surface area (Å²) in [5.74, 6) is -0.548. The number of amides is 1. The van der Waals surface area contributed by atoms with E-state index < -0.39 is 11.8 Å². The molecule has 0 aliphatic heterocycles. The molecule has 0 saturated carbocycles. The van der Waals surface area contributed by atoms with E-state index in [1.807, 2.05) is 0 Å². The SMILES string of the molecule is Cn1/c(=N/NC(=O)C(C)(C)C)sc2cc(OC(F)(F)F)ccc21. The summed E-state index contributed by atoms with van der Waals surface area (Å²) >= 11 is 1.15. The van der Waals surface area contributed by atoms with Gasteiger partial charge in [-0.25, -0.2) is 5.43 Å². The van der Waals surface area contributed by atoms with Crippen molar-refractivity contribution in [3.63, 3.8) is 0 Å². The topological polar surface area (TPSA) is 55.6 Å². The van der Waals surface area contributed by atoms with Crippen LogP contribution in [0.25, 0.3) is 10.2 Å². The molecule has 0 atom stereocenters. The Morgan fingerprint density at radius 2 is 1.96 bits per heavy atom. The second-order valence-electron chi connectivity index (χ2n) is 5.92. The van der Waals surface area contributed by atoms with Gasteiger partial charge in [-0.3, -0.25) is 4.79 Å². The Labute approximate surface area is 134 Å². The minimum atomic E-state index is -4.74. The molecule has 0 aliphatic carbocycles. The third-order valence-electron chi connectivity index (χ3n) is 2.95. The van der Waals surface area contributed by atoms with Gasteiger partial charge in [-0.05, 0) is 18.2 Å². The first kappa shape index (κ1) is 17.3. The van der Waals surface area contributed by atoms with Crippen molar-refractivity contribution in [1.29, 1.82) is 0 Å². The first-order valence-electron chi connectivity index (χ1n) is 6.67. The molecular formula is C14H16F3N3O2S. The van der Waals surface area contributed by atoms with Crippen molar-refractivity contribution in [1.82, 2.24) is 9.99 Å². The largest absolute Gasteiger partial charge is 0.573 e. The molecule has 0 radical (unpaired) electrons. The van der Waals surface area contributed by atoms with E-state index in [-0.39, 0.29) is 11.7 Å². The minimum absolute atomic E-state index is 0.254. The number of ether oxygens (including phenoxy) is 1. The molecule has 1 amide bonds. The Morgan fingerprint density at radius 3 is 2.52 bits per heavy atom. The fraction of sp³-hybridized carbons (Fsp3) is 0.429. The summed E-state index contributed by atoms with van der Waals surface area (Å²) in [6.07, 6.45) is -4.74. The summed E-state index contributed by atoms with van der Waals surface area (Å²) in [5, 5.41) is 4.03. The van der Waals surface area contributed by atoms with E-state index in [1.165, 1.54) is 18.2 Å². The number of fused-ring (bicyclic) bond motifs is 1. The first-order valence-corrected chi connectivity index (χ1v) is 7.48. The van der Waals surface area contributed by atoms with Crippen molar-refractivity contribution >= 4 is 27.5 Å². The number of hydrogen-bond donors (Lipinski definition) is 1. The molecule has 5 nitrogen and oxygen atoms in total. The number of nitrogens with one attached hydrogen (secondary N) is 1. The quantitative estimate of drug-likeness (QED) is 0.849. The van der Waals surface area contributed by atoms with Crippen LogP contribution in [0, 0.1) is 5.41 Å². The number of carbonyl (C=O) groups is 1. The van der Waals surface area contributed by atoms with Crippen molar-refractivity contribution in [2.75, 3.05) is 0 Å². The van der Waals surface area contributed by atoms with E-state index >= 15 is 0 Å². The van der Waals surface area contributed by atoms with E-state index in [2.05, 4.69) is 15.3 Å². The summed E-state index contributed by atoms with van der Waals surface area (Å²) in [6, 6.07) is 4.04. The number of nitrogens with zero attached hydrogens (tertiary/aromatic N) is 2. The van der Waals surface area contributed by atoms with Crippen LogP contribution in [0.15, 0.2) is 23.3 Å². The van der Waals surface area contributed by atoms with Gasteiger partial charge in [0.25, 0.3) is 0 Å². The number of carbonyl (C=O) groups excluding carboxylic acids is 1. The lowest BCUT2D eigenvalue weighted by atomic mass is 9.96. The zero-order valence-corrected chi connectivity index (χ0v) is 13.8. The van der Waals surface area contributed by atoms with E-state index in [0.29, 0.717) is 15.0 Å². The third kappa shape index (κ3) is 4.25. The fourth-order valence-electron chi connectivity index (χ4n) is 1.68. The van der Waals surface area contributed by atoms with Crippen molar-refractivity contribution in [2.24, 2.45) is 17.6 Å². The van der Waals surface area contributed by atoms with Gasteiger partial charge in [0.1, 0.15) is 5.75 Å². The molecule has 0 saturated heterocycles. The van der Waals surface area contributed by atoms with Crippen LogP contribution in [0.2, 0.25) is 0 Å². The van der Waals surface area contributed by atoms with Crippen LogP contribution in [-0.2, 0) is 11.8 Å². The molecule has 0 spiro atoms. The van der Waals surface area contributed by atoms with Crippen LogP contribution in [0.3, 0.4) is 0 Å². The molecule has 0 unspecified atom stereocenters. The van der Waals surface area contributed by atoms with Crippen LogP contribution in [0.5, 0.6) is 5.75 Å². The van der Waals surface area contributed by atoms with Gasteiger partial charge in [-0.2, -0.15) is 0 Å². The molecule has 0 aliphatic rings. The van der Waals surface area contributed by atoms with Gasteiger partial charge in [0.15, 0.2) is 0 Å². The van der Waals surface area contributed by atoms with E-state index in [9.17, 15) is 18.0 Å². The highest BCUT2D eigenvalue weighted by atomic mass is 32.1. The van der Waals surface area contributed by atoms with Crippen LogP contribution in [0.4, 0.5) is 13.2 Å². The maximum atomic E-state index is 12.3. The predicted molar refractivity (Wildman–Crippen MR) is 80.6 cm³/mol. The van der Waals surface area contributed by atoms with Gasteiger partial charge in [-0.1, -0.05) is 32.1 Å². The summed E-state index contributed by atoms with van der Waals surface area (Å²) < 4.78 is 42.9. The molecule has 1 aromatic carbocycles. The average Bonchev–Trinajstić information content (AvgIpc) is 2.69. The zero-order chi connectivity index (χ0) is 17.4. The number of aryl methyl sites for hydroxylation is 1. The van der Waals surface area contributed by atoms with Gasteiger partial charge in [-0.15, -0.1) is 18.3 Å². The molecule has 2 rings (SSSR count). The molecule has 0 fully saturated rings. The summed E-state index contributed by atoms with van der Waals surface area (Å²) in [4.78, 5) is 12.3. The minimum Gasteiger partial charge on any atom is -0.406 e. The number of alkyl halides is 3. The van der Waals surface area contributed by atoms with E-state index in [4.69, 9.17) is 0 Å². The first-order chi connectivity index (χ1) is 10.5. The molecule has 1 heterocycles. The molecule has 23 heavy (non-hydrogen) atoms. The van der Waals surface area contributed by atoms with Crippen LogP contribution >= 0.6 is 11.3 Å². The van der Waals surface area contributed by atoms with Crippen molar-refractivity contribution in [3.8, 4) is 5.75 Å². The summed E-state index contributed by atoms with van der Waals surface area (Å²) in [6.45, 7) is 5.26. The summed E-state index contributed by atoms with van der Waals surface area (Å²) in [7, 11) is 1.71. The van der Waals surface area contributed by atoms with E-state index in [0.717, 1.165) is 11.3 Å². The number of benzene rings is 1. The van der Waals surface area contributed by atoms with Crippen LogP contribution in [0.1, 0.15) is 20.8 Å². The van der Waals surface area contributed by atoms with Crippen molar-refractivity contribution < 1.29 is 22.7 Å². The highest BCUT2D eigenvalue weighted by molar-refractivity contribution is 7.16. The average molecular weight is 347 g/mol.